The third-order valence-electron chi connectivity index (χ3n) is 6.04. The minimum Gasteiger partial charge on any atom is -0.469 e. The quantitative estimate of drug-likeness (QED) is 0.373. The van der Waals surface area contributed by atoms with Crippen LogP contribution < -0.4 is 0 Å². The van der Waals surface area contributed by atoms with Gasteiger partial charge in [-0.25, -0.2) is 0 Å². The zero-order chi connectivity index (χ0) is 17.5. The first-order chi connectivity index (χ1) is 12.8. The van der Waals surface area contributed by atoms with Crippen LogP contribution in [-0.2, 0) is 19.3 Å². The Morgan fingerprint density at radius 2 is 1.81 bits per heavy atom. The Morgan fingerprint density at radius 3 is 2.73 bits per heavy atom. The summed E-state index contributed by atoms with van der Waals surface area (Å²) in [6.45, 7) is 2.22. The molecule has 1 nitrogen and oxygen atoms in total. The van der Waals surface area contributed by atoms with E-state index in [1.54, 1.807) is 5.56 Å². The number of rotatable bonds is 3. The Hall–Kier alpha value is -2.54. The molecule has 1 unspecified atom stereocenters. The molecular weight excluding hydrogens is 316 g/mol. The van der Waals surface area contributed by atoms with Crippen LogP contribution in [0.3, 0.4) is 0 Å². The second kappa shape index (κ2) is 6.32. The molecule has 1 aromatic heterocycles. The van der Waals surface area contributed by atoms with E-state index < -0.39 is 0 Å². The van der Waals surface area contributed by atoms with Gasteiger partial charge in [-0.2, -0.15) is 0 Å². The lowest BCUT2D eigenvalue weighted by Crippen LogP contribution is -2.14. The van der Waals surface area contributed by atoms with Crippen molar-refractivity contribution in [3.8, 4) is 0 Å². The van der Waals surface area contributed by atoms with Crippen molar-refractivity contribution in [1.29, 1.82) is 0 Å². The zero-order valence-electron chi connectivity index (χ0n) is 15.3. The molecule has 0 radical (unpaired) electrons. The van der Waals surface area contributed by atoms with Crippen LogP contribution in [0.2, 0.25) is 0 Å². The second-order valence-corrected chi connectivity index (χ2v) is 7.57. The molecule has 0 spiro atoms. The summed E-state index contributed by atoms with van der Waals surface area (Å²) in [5.74, 6) is 1.80. The van der Waals surface area contributed by atoms with E-state index in [-0.39, 0.29) is 0 Å². The molecule has 26 heavy (non-hydrogen) atoms. The number of hydrogen-bond donors (Lipinski definition) is 0. The van der Waals surface area contributed by atoms with Gasteiger partial charge in [0.15, 0.2) is 0 Å². The Labute approximate surface area is 154 Å². The molecule has 5 rings (SSSR count). The summed E-state index contributed by atoms with van der Waals surface area (Å²) < 4.78 is 5.76. The Kier molecular flexibility index (Phi) is 3.81. The van der Waals surface area contributed by atoms with Gasteiger partial charge in [0.05, 0.1) is 6.26 Å². The van der Waals surface area contributed by atoms with Crippen molar-refractivity contribution < 1.29 is 4.42 Å². The van der Waals surface area contributed by atoms with Gasteiger partial charge in [-0.05, 0) is 75.9 Å². The van der Waals surface area contributed by atoms with E-state index in [1.165, 1.54) is 44.9 Å². The topological polar surface area (TPSA) is 13.1 Å². The molecule has 1 heteroatoms. The number of aryl methyl sites for hydroxylation is 2. The largest absolute Gasteiger partial charge is 0.469 e. The smallest absolute Gasteiger partial charge is 0.107 e. The van der Waals surface area contributed by atoms with Gasteiger partial charge in [0.25, 0.3) is 0 Å². The van der Waals surface area contributed by atoms with Gasteiger partial charge in [0.2, 0.25) is 0 Å². The van der Waals surface area contributed by atoms with Crippen molar-refractivity contribution in [1.82, 2.24) is 0 Å². The first-order valence-electron chi connectivity index (χ1n) is 9.83. The van der Waals surface area contributed by atoms with Gasteiger partial charge in [0.1, 0.15) is 5.76 Å². The van der Waals surface area contributed by atoms with Crippen molar-refractivity contribution in [2.45, 2.75) is 44.9 Å². The maximum Gasteiger partial charge on any atom is 0.107 e. The van der Waals surface area contributed by atoms with Gasteiger partial charge >= 0.3 is 0 Å². The third-order valence-corrected chi connectivity index (χ3v) is 6.04. The Bertz CT molecular complexity index is 1090. The lowest BCUT2D eigenvalue weighted by atomic mass is 9.78. The van der Waals surface area contributed by atoms with E-state index in [4.69, 9.17) is 4.42 Å². The summed E-state index contributed by atoms with van der Waals surface area (Å²) in [6, 6.07) is 20.2. The lowest BCUT2D eigenvalue weighted by molar-refractivity contribution is 0.487. The van der Waals surface area contributed by atoms with E-state index >= 15 is 0 Å². The number of benzene rings is 3. The van der Waals surface area contributed by atoms with Crippen molar-refractivity contribution in [3.05, 3.63) is 83.3 Å². The highest BCUT2D eigenvalue weighted by molar-refractivity contribution is 6.08. The fourth-order valence-corrected chi connectivity index (χ4v) is 4.78. The van der Waals surface area contributed by atoms with E-state index in [9.17, 15) is 0 Å². The molecule has 1 aliphatic rings. The molecule has 0 bridgehead atoms. The Morgan fingerprint density at radius 1 is 0.923 bits per heavy atom. The first kappa shape index (κ1) is 15.7. The molecule has 1 atom stereocenters. The normalized spacial score (nSPS) is 16.9. The standard InChI is InChI=1S/C25H24O/c1-2-5-25-22(14-15-26-25)19-9-11-21-18(16-19)10-13-23-20-7-4-3-6-17(20)8-12-24(21)23/h3-4,6-8,10,12-15,19H,2,5,9,11,16H2,1H3. The fraction of sp³-hybridized carbons (Fsp3) is 0.280. The van der Waals surface area contributed by atoms with Gasteiger partial charge < -0.3 is 4.42 Å². The summed E-state index contributed by atoms with van der Waals surface area (Å²) in [5.41, 5.74) is 4.52. The molecule has 1 aliphatic carbocycles. The van der Waals surface area contributed by atoms with E-state index in [1.807, 2.05) is 6.26 Å². The second-order valence-electron chi connectivity index (χ2n) is 7.57. The molecule has 130 valence electrons. The highest BCUT2D eigenvalue weighted by Crippen LogP contribution is 2.39. The predicted molar refractivity (Wildman–Crippen MR) is 109 cm³/mol. The van der Waals surface area contributed by atoms with Crippen molar-refractivity contribution in [3.63, 3.8) is 0 Å². The maximum atomic E-state index is 5.76. The van der Waals surface area contributed by atoms with Crippen LogP contribution in [0.4, 0.5) is 0 Å². The molecule has 0 aliphatic heterocycles. The molecule has 3 aromatic carbocycles. The highest BCUT2D eigenvalue weighted by atomic mass is 16.3. The van der Waals surface area contributed by atoms with Crippen LogP contribution in [-0.4, -0.2) is 0 Å². The van der Waals surface area contributed by atoms with Gasteiger partial charge in [-0.3, -0.25) is 0 Å². The Balaban J connectivity index is 1.57. The van der Waals surface area contributed by atoms with E-state index in [0.717, 1.165) is 25.7 Å². The number of hydrogen-bond acceptors (Lipinski definition) is 1. The van der Waals surface area contributed by atoms with Crippen LogP contribution in [0, 0.1) is 0 Å². The van der Waals surface area contributed by atoms with Crippen LogP contribution >= 0.6 is 0 Å². The summed E-state index contributed by atoms with van der Waals surface area (Å²) in [4.78, 5) is 0. The predicted octanol–water partition coefficient (Wildman–Crippen LogP) is 6.81. The lowest BCUT2D eigenvalue weighted by Gasteiger charge is -2.26. The molecule has 0 saturated heterocycles. The molecule has 0 fully saturated rings. The minimum atomic E-state index is 0.598. The summed E-state index contributed by atoms with van der Waals surface area (Å²) in [6.07, 6.45) is 7.58. The minimum absolute atomic E-state index is 0.598. The van der Waals surface area contributed by atoms with Crippen molar-refractivity contribution in [2.24, 2.45) is 0 Å². The van der Waals surface area contributed by atoms with E-state index in [2.05, 4.69) is 61.5 Å². The SMILES string of the molecule is CCCc1occc1C1CCc2c(ccc3c2ccc2ccccc23)C1. The molecular formula is C25H24O. The van der Waals surface area contributed by atoms with Gasteiger partial charge in [0, 0.05) is 6.42 Å². The average Bonchev–Trinajstić information content (AvgIpc) is 3.15. The average molecular weight is 340 g/mol. The van der Waals surface area contributed by atoms with Crippen LogP contribution in [0.1, 0.15) is 48.1 Å². The van der Waals surface area contributed by atoms with E-state index in [0.29, 0.717) is 5.92 Å². The van der Waals surface area contributed by atoms with Crippen LogP contribution in [0.25, 0.3) is 21.5 Å². The van der Waals surface area contributed by atoms with Crippen LogP contribution in [0.5, 0.6) is 0 Å². The van der Waals surface area contributed by atoms with Crippen molar-refractivity contribution in [2.75, 3.05) is 0 Å². The molecule has 4 aromatic rings. The molecule has 0 saturated carbocycles. The van der Waals surface area contributed by atoms with Crippen molar-refractivity contribution >= 4 is 21.5 Å². The van der Waals surface area contributed by atoms with Crippen LogP contribution in [0.15, 0.2) is 65.3 Å². The highest BCUT2D eigenvalue weighted by Gasteiger charge is 2.24. The van der Waals surface area contributed by atoms with Gasteiger partial charge in [-0.1, -0.05) is 55.5 Å². The monoisotopic (exact) mass is 340 g/mol. The third kappa shape index (κ3) is 2.46. The number of fused-ring (bicyclic) bond motifs is 5. The summed E-state index contributed by atoms with van der Waals surface area (Å²) in [7, 11) is 0. The molecule has 0 amide bonds. The molecule has 1 heterocycles. The summed E-state index contributed by atoms with van der Waals surface area (Å²) >= 11 is 0. The zero-order valence-corrected chi connectivity index (χ0v) is 15.3. The first-order valence-corrected chi connectivity index (χ1v) is 9.83. The fourth-order valence-electron chi connectivity index (χ4n) is 4.78. The van der Waals surface area contributed by atoms with Gasteiger partial charge in [-0.15, -0.1) is 0 Å². The number of furan rings is 1. The summed E-state index contributed by atoms with van der Waals surface area (Å²) in [5, 5.41) is 5.54. The molecule has 0 N–H and O–H groups in total. The maximum absolute atomic E-state index is 5.76.